The van der Waals surface area contributed by atoms with Crippen molar-refractivity contribution in [3.05, 3.63) is 70.5 Å². The van der Waals surface area contributed by atoms with Gasteiger partial charge in [0.1, 0.15) is 5.82 Å². The molecule has 0 aliphatic heterocycles. The molecule has 0 amide bonds. The third kappa shape index (κ3) is 3.51. The summed E-state index contributed by atoms with van der Waals surface area (Å²) < 4.78 is 13.3. The second-order valence-electron chi connectivity index (χ2n) is 5.98. The minimum Gasteiger partial charge on any atom is -0.316 e. The summed E-state index contributed by atoms with van der Waals surface area (Å²) in [6, 6.07) is 14.1. The van der Waals surface area contributed by atoms with Crippen LogP contribution in [0.4, 0.5) is 4.39 Å². The summed E-state index contributed by atoms with van der Waals surface area (Å²) in [4.78, 5) is 0. The van der Waals surface area contributed by atoms with E-state index in [0.717, 1.165) is 18.4 Å². The second kappa shape index (κ2) is 6.40. The Morgan fingerprint density at radius 2 is 1.76 bits per heavy atom. The van der Waals surface area contributed by atoms with Gasteiger partial charge in [-0.1, -0.05) is 30.3 Å². The van der Waals surface area contributed by atoms with Crippen molar-refractivity contribution in [2.45, 2.75) is 38.1 Å². The van der Waals surface area contributed by atoms with Crippen molar-refractivity contribution in [2.24, 2.45) is 0 Å². The van der Waals surface area contributed by atoms with Gasteiger partial charge in [0.2, 0.25) is 0 Å². The van der Waals surface area contributed by atoms with Gasteiger partial charge in [-0.2, -0.15) is 0 Å². The molecule has 21 heavy (non-hydrogen) atoms. The van der Waals surface area contributed by atoms with E-state index in [1.165, 1.54) is 42.0 Å². The van der Waals surface area contributed by atoms with Crippen LogP contribution in [-0.4, -0.2) is 13.1 Å². The van der Waals surface area contributed by atoms with Crippen molar-refractivity contribution in [1.29, 1.82) is 0 Å². The van der Waals surface area contributed by atoms with Gasteiger partial charge >= 0.3 is 0 Å². The number of nitrogens with one attached hydrogen (secondary N) is 1. The Morgan fingerprint density at radius 3 is 2.52 bits per heavy atom. The molecule has 1 atom stereocenters. The van der Waals surface area contributed by atoms with E-state index in [1.54, 1.807) is 12.1 Å². The lowest BCUT2D eigenvalue weighted by Gasteiger charge is -2.17. The van der Waals surface area contributed by atoms with Crippen LogP contribution in [-0.2, 0) is 25.7 Å². The van der Waals surface area contributed by atoms with Crippen LogP contribution in [0.1, 0.15) is 28.7 Å². The molecule has 2 aromatic rings. The molecule has 3 rings (SSSR count). The van der Waals surface area contributed by atoms with Crippen LogP contribution >= 0.6 is 0 Å². The van der Waals surface area contributed by atoms with Crippen molar-refractivity contribution in [3.63, 3.8) is 0 Å². The Bertz CT molecular complexity index is 621. The molecule has 1 aliphatic rings. The molecule has 0 saturated heterocycles. The largest absolute Gasteiger partial charge is 0.316 e. The maximum atomic E-state index is 13.3. The highest BCUT2D eigenvalue weighted by molar-refractivity contribution is 5.35. The first kappa shape index (κ1) is 14.3. The van der Waals surface area contributed by atoms with Gasteiger partial charge in [0, 0.05) is 6.04 Å². The number of likely N-dealkylation sites (N-methyl/N-ethyl adjacent to an activating group) is 1. The van der Waals surface area contributed by atoms with Crippen molar-refractivity contribution in [1.82, 2.24) is 5.32 Å². The van der Waals surface area contributed by atoms with Gasteiger partial charge in [0.05, 0.1) is 0 Å². The average Bonchev–Trinajstić information content (AvgIpc) is 2.94. The van der Waals surface area contributed by atoms with E-state index in [4.69, 9.17) is 0 Å². The predicted molar refractivity (Wildman–Crippen MR) is 85.1 cm³/mol. The van der Waals surface area contributed by atoms with E-state index >= 15 is 0 Å². The smallest absolute Gasteiger partial charge is 0.123 e. The number of halogens is 1. The summed E-state index contributed by atoms with van der Waals surface area (Å²) in [5.41, 5.74) is 5.47. The maximum Gasteiger partial charge on any atom is 0.123 e. The molecule has 0 bridgehead atoms. The third-order valence-corrected chi connectivity index (χ3v) is 4.42. The maximum absolute atomic E-state index is 13.3. The molecule has 2 aromatic carbocycles. The fourth-order valence-electron chi connectivity index (χ4n) is 3.26. The summed E-state index contributed by atoms with van der Waals surface area (Å²) in [5, 5.41) is 3.36. The van der Waals surface area contributed by atoms with E-state index in [1.807, 2.05) is 13.1 Å². The van der Waals surface area contributed by atoms with E-state index < -0.39 is 0 Å². The van der Waals surface area contributed by atoms with Gasteiger partial charge in [-0.25, -0.2) is 4.39 Å². The quantitative estimate of drug-likeness (QED) is 0.882. The van der Waals surface area contributed by atoms with Crippen LogP contribution in [0.15, 0.2) is 42.5 Å². The predicted octanol–water partition coefficient (Wildman–Crippen LogP) is 3.69. The minimum atomic E-state index is -0.153. The first-order chi connectivity index (χ1) is 10.2. The Hall–Kier alpha value is -1.67. The number of fused-ring (bicyclic) bond motifs is 1. The van der Waals surface area contributed by atoms with E-state index in [0.29, 0.717) is 6.04 Å². The zero-order chi connectivity index (χ0) is 14.7. The molecule has 1 unspecified atom stereocenters. The number of hydrogen-bond donors (Lipinski definition) is 1. The van der Waals surface area contributed by atoms with Crippen molar-refractivity contribution < 1.29 is 4.39 Å². The molecule has 0 aromatic heterocycles. The van der Waals surface area contributed by atoms with E-state index in [-0.39, 0.29) is 5.82 Å². The molecule has 0 radical (unpaired) electrons. The van der Waals surface area contributed by atoms with Crippen LogP contribution < -0.4 is 5.32 Å². The molecule has 1 N–H and O–H groups in total. The van der Waals surface area contributed by atoms with Crippen LogP contribution in [0.3, 0.4) is 0 Å². The summed E-state index contributed by atoms with van der Waals surface area (Å²) in [6.45, 7) is 0. The Labute approximate surface area is 126 Å². The normalized spacial score (nSPS) is 15.0. The molecular weight excluding hydrogens is 261 g/mol. The summed E-state index contributed by atoms with van der Waals surface area (Å²) in [6.07, 6.45) is 5.58. The van der Waals surface area contributed by atoms with Crippen molar-refractivity contribution in [2.75, 3.05) is 7.05 Å². The summed E-state index contributed by atoms with van der Waals surface area (Å²) in [5.74, 6) is -0.153. The Kier molecular flexibility index (Phi) is 4.35. The van der Waals surface area contributed by atoms with Gasteiger partial charge in [0.25, 0.3) is 0 Å². The van der Waals surface area contributed by atoms with Crippen molar-refractivity contribution >= 4 is 0 Å². The lowest BCUT2D eigenvalue weighted by atomic mass is 9.97. The first-order valence-corrected chi connectivity index (χ1v) is 7.77. The highest BCUT2D eigenvalue weighted by Gasteiger charge is 2.13. The van der Waals surface area contributed by atoms with Gasteiger partial charge in [-0.3, -0.25) is 0 Å². The van der Waals surface area contributed by atoms with Gasteiger partial charge in [-0.05, 0) is 73.5 Å². The van der Waals surface area contributed by atoms with Crippen LogP contribution in [0.2, 0.25) is 0 Å². The number of hydrogen-bond acceptors (Lipinski definition) is 1. The van der Waals surface area contributed by atoms with Gasteiger partial charge < -0.3 is 5.32 Å². The van der Waals surface area contributed by atoms with Crippen LogP contribution in [0, 0.1) is 5.82 Å². The Morgan fingerprint density at radius 1 is 1.00 bits per heavy atom. The van der Waals surface area contributed by atoms with Crippen LogP contribution in [0.25, 0.3) is 0 Å². The van der Waals surface area contributed by atoms with E-state index in [2.05, 4.69) is 23.5 Å². The van der Waals surface area contributed by atoms with Crippen molar-refractivity contribution in [3.8, 4) is 0 Å². The third-order valence-electron chi connectivity index (χ3n) is 4.42. The fraction of sp³-hybridized carbons (Fsp3) is 0.368. The Balaban J connectivity index is 1.69. The molecular formula is C19H22FN. The fourth-order valence-corrected chi connectivity index (χ4v) is 3.26. The number of benzene rings is 2. The highest BCUT2D eigenvalue weighted by Crippen LogP contribution is 2.23. The molecule has 0 fully saturated rings. The standard InChI is InChI=1S/C19H22FN/c1-21-19(12-14-4-2-7-18(20)11-14)13-15-8-9-16-5-3-6-17(16)10-15/h2,4,7-11,19,21H,3,5-6,12-13H2,1H3. The minimum absolute atomic E-state index is 0.153. The summed E-state index contributed by atoms with van der Waals surface area (Å²) >= 11 is 0. The zero-order valence-electron chi connectivity index (χ0n) is 12.5. The number of aryl methyl sites for hydroxylation is 2. The van der Waals surface area contributed by atoms with Gasteiger partial charge in [-0.15, -0.1) is 0 Å². The lowest BCUT2D eigenvalue weighted by molar-refractivity contribution is 0.552. The molecule has 1 nitrogen and oxygen atoms in total. The monoisotopic (exact) mass is 283 g/mol. The molecule has 0 spiro atoms. The zero-order valence-corrected chi connectivity index (χ0v) is 12.5. The average molecular weight is 283 g/mol. The number of rotatable bonds is 5. The van der Waals surface area contributed by atoms with E-state index in [9.17, 15) is 4.39 Å². The molecule has 1 aliphatic carbocycles. The molecule has 0 heterocycles. The van der Waals surface area contributed by atoms with Gasteiger partial charge in [0.15, 0.2) is 0 Å². The lowest BCUT2D eigenvalue weighted by Crippen LogP contribution is -2.30. The second-order valence-corrected chi connectivity index (χ2v) is 5.98. The molecule has 110 valence electrons. The summed E-state index contributed by atoms with van der Waals surface area (Å²) in [7, 11) is 1.98. The highest BCUT2D eigenvalue weighted by atomic mass is 19.1. The first-order valence-electron chi connectivity index (χ1n) is 7.77. The SMILES string of the molecule is CNC(Cc1cccc(F)c1)Cc1ccc2c(c1)CCC2. The van der Waals surface area contributed by atoms with Crippen LogP contribution in [0.5, 0.6) is 0 Å². The molecule has 2 heteroatoms. The topological polar surface area (TPSA) is 12.0 Å². The molecule has 0 saturated carbocycles.